The highest BCUT2D eigenvalue weighted by Gasteiger charge is 2.38. The molecule has 0 aromatic carbocycles. The van der Waals surface area contributed by atoms with Gasteiger partial charge in [-0.15, -0.1) is 0 Å². The maximum Gasteiger partial charge on any atom is 0.0331 e. The van der Waals surface area contributed by atoms with Crippen LogP contribution in [0.4, 0.5) is 0 Å². The van der Waals surface area contributed by atoms with Gasteiger partial charge in [-0.1, -0.05) is 52.9 Å². The van der Waals surface area contributed by atoms with Gasteiger partial charge in [-0.3, -0.25) is 4.90 Å². The fraction of sp³-hybridized carbons (Fsp3) is 1.00. The summed E-state index contributed by atoms with van der Waals surface area (Å²) in [4.78, 5) is 2.77. The third-order valence-electron chi connectivity index (χ3n) is 5.69. The highest BCUT2D eigenvalue weighted by Crippen LogP contribution is 2.37. The average molecular weight is 297 g/mol. The van der Waals surface area contributed by atoms with Gasteiger partial charge in [-0.2, -0.15) is 0 Å². The van der Waals surface area contributed by atoms with Gasteiger partial charge in [0.15, 0.2) is 0 Å². The molecule has 0 aliphatic heterocycles. The third kappa shape index (κ3) is 5.90. The lowest BCUT2D eigenvalue weighted by atomic mass is 9.74. The summed E-state index contributed by atoms with van der Waals surface area (Å²) in [5.74, 6) is 0.956. The molecule has 1 aliphatic rings. The molecule has 0 saturated heterocycles. The first-order valence-electron chi connectivity index (χ1n) is 9.67. The Morgan fingerprint density at radius 1 is 0.905 bits per heavy atom. The number of nitrogens with two attached hydrogens (primary N) is 1. The van der Waals surface area contributed by atoms with Gasteiger partial charge in [-0.05, 0) is 57.5 Å². The van der Waals surface area contributed by atoms with E-state index < -0.39 is 0 Å². The Labute approximate surface area is 133 Å². The number of hydrogen-bond acceptors (Lipinski definition) is 2. The van der Waals surface area contributed by atoms with Crippen LogP contribution < -0.4 is 5.73 Å². The maximum atomic E-state index is 6.27. The zero-order valence-electron chi connectivity index (χ0n) is 15.0. The van der Waals surface area contributed by atoms with Crippen molar-refractivity contribution in [3.8, 4) is 0 Å². The molecular weight excluding hydrogens is 256 g/mol. The predicted octanol–water partition coefficient (Wildman–Crippen LogP) is 4.97. The second kappa shape index (κ2) is 10.6. The highest BCUT2D eigenvalue weighted by molar-refractivity contribution is 4.95. The lowest BCUT2D eigenvalue weighted by Crippen LogP contribution is -2.56. The zero-order chi connectivity index (χ0) is 15.6. The minimum atomic E-state index is 0.326. The van der Waals surface area contributed by atoms with Gasteiger partial charge < -0.3 is 5.73 Å². The Kier molecular flexibility index (Phi) is 9.59. The normalized spacial score (nSPS) is 26.4. The molecule has 2 nitrogen and oxygen atoms in total. The first kappa shape index (κ1) is 19.0. The molecule has 0 bridgehead atoms. The molecule has 1 fully saturated rings. The molecule has 126 valence electrons. The summed E-state index contributed by atoms with van der Waals surface area (Å²) in [6.45, 7) is 10.3. The molecule has 2 heteroatoms. The molecule has 0 heterocycles. The summed E-state index contributed by atoms with van der Waals surface area (Å²) < 4.78 is 0. The molecule has 21 heavy (non-hydrogen) atoms. The Morgan fingerprint density at radius 3 is 2.10 bits per heavy atom. The molecule has 2 N–H and O–H groups in total. The van der Waals surface area contributed by atoms with Crippen molar-refractivity contribution in [2.24, 2.45) is 11.7 Å². The van der Waals surface area contributed by atoms with E-state index in [4.69, 9.17) is 5.73 Å². The Morgan fingerprint density at radius 2 is 1.57 bits per heavy atom. The summed E-state index contributed by atoms with van der Waals surface area (Å²) in [7, 11) is 0. The number of hydrogen-bond donors (Lipinski definition) is 1. The predicted molar refractivity (Wildman–Crippen MR) is 94.7 cm³/mol. The molecule has 1 rings (SSSR count). The van der Waals surface area contributed by atoms with E-state index in [1.807, 2.05) is 0 Å². The van der Waals surface area contributed by atoms with Crippen molar-refractivity contribution in [1.29, 1.82) is 0 Å². The molecular formula is C19H40N2. The van der Waals surface area contributed by atoms with Crippen LogP contribution in [0.1, 0.15) is 91.4 Å². The van der Waals surface area contributed by atoms with Crippen molar-refractivity contribution in [2.45, 2.75) is 96.9 Å². The molecule has 0 aromatic heterocycles. The largest absolute Gasteiger partial charge is 0.329 e. The monoisotopic (exact) mass is 296 g/mol. The summed E-state index contributed by atoms with van der Waals surface area (Å²) in [6.07, 6.45) is 15.0. The van der Waals surface area contributed by atoms with Gasteiger partial charge >= 0.3 is 0 Å². The van der Waals surface area contributed by atoms with Crippen LogP contribution in [0, 0.1) is 5.92 Å². The maximum absolute atomic E-state index is 6.27. The first-order chi connectivity index (χ1) is 10.2. The molecule has 0 spiro atoms. The van der Waals surface area contributed by atoms with Crippen molar-refractivity contribution >= 4 is 0 Å². The molecule has 0 aromatic rings. The fourth-order valence-corrected chi connectivity index (χ4v) is 4.03. The van der Waals surface area contributed by atoms with Crippen molar-refractivity contribution in [2.75, 3.05) is 19.6 Å². The van der Waals surface area contributed by atoms with Crippen molar-refractivity contribution in [1.82, 2.24) is 4.90 Å². The SMILES string of the molecule is CCCCCCCN(CCC)C1(CN)CCC(CC)CC1. The first-order valence-corrected chi connectivity index (χ1v) is 9.67. The fourth-order valence-electron chi connectivity index (χ4n) is 4.03. The van der Waals surface area contributed by atoms with Crippen LogP contribution in [0.3, 0.4) is 0 Å². The summed E-state index contributed by atoms with van der Waals surface area (Å²) in [6, 6.07) is 0. The van der Waals surface area contributed by atoms with Gasteiger partial charge in [-0.25, -0.2) is 0 Å². The van der Waals surface area contributed by atoms with E-state index in [-0.39, 0.29) is 0 Å². The topological polar surface area (TPSA) is 29.3 Å². The lowest BCUT2D eigenvalue weighted by Gasteiger charge is -2.48. The van der Waals surface area contributed by atoms with E-state index in [1.54, 1.807) is 0 Å². The molecule has 0 atom stereocenters. The van der Waals surface area contributed by atoms with Crippen molar-refractivity contribution < 1.29 is 0 Å². The lowest BCUT2D eigenvalue weighted by molar-refractivity contribution is 0.0398. The number of unbranched alkanes of at least 4 members (excludes halogenated alkanes) is 4. The smallest absolute Gasteiger partial charge is 0.0331 e. The van der Waals surface area contributed by atoms with E-state index in [2.05, 4.69) is 25.7 Å². The van der Waals surface area contributed by atoms with E-state index >= 15 is 0 Å². The van der Waals surface area contributed by atoms with Gasteiger partial charge in [0.05, 0.1) is 0 Å². The summed E-state index contributed by atoms with van der Waals surface area (Å²) in [5, 5.41) is 0. The molecule has 1 saturated carbocycles. The summed E-state index contributed by atoms with van der Waals surface area (Å²) >= 11 is 0. The second-order valence-electron chi connectivity index (χ2n) is 7.18. The van der Waals surface area contributed by atoms with Crippen LogP contribution in [0.25, 0.3) is 0 Å². The Balaban J connectivity index is 2.50. The van der Waals surface area contributed by atoms with E-state index in [9.17, 15) is 0 Å². The molecule has 0 radical (unpaired) electrons. The number of nitrogens with zero attached hydrogens (tertiary/aromatic N) is 1. The minimum Gasteiger partial charge on any atom is -0.329 e. The summed E-state index contributed by atoms with van der Waals surface area (Å²) in [5.41, 5.74) is 6.59. The molecule has 0 unspecified atom stereocenters. The third-order valence-corrected chi connectivity index (χ3v) is 5.69. The van der Waals surface area contributed by atoms with Crippen LogP contribution in [0.2, 0.25) is 0 Å². The van der Waals surface area contributed by atoms with Crippen LogP contribution in [0.15, 0.2) is 0 Å². The Hall–Kier alpha value is -0.0800. The second-order valence-corrected chi connectivity index (χ2v) is 7.18. The van der Waals surface area contributed by atoms with Gasteiger partial charge in [0, 0.05) is 12.1 Å². The van der Waals surface area contributed by atoms with Crippen LogP contribution in [0.5, 0.6) is 0 Å². The van der Waals surface area contributed by atoms with Crippen molar-refractivity contribution in [3.05, 3.63) is 0 Å². The van der Waals surface area contributed by atoms with Crippen LogP contribution in [-0.2, 0) is 0 Å². The molecule has 0 amide bonds. The van der Waals surface area contributed by atoms with Gasteiger partial charge in [0.2, 0.25) is 0 Å². The molecule has 1 aliphatic carbocycles. The van der Waals surface area contributed by atoms with E-state index in [0.29, 0.717) is 5.54 Å². The Bertz CT molecular complexity index is 244. The van der Waals surface area contributed by atoms with Gasteiger partial charge in [0.25, 0.3) is 0 Å². The van der Waals surface area contributed by atoms with E-state index in [0.717, 1.165) is 12.5 Å². The number of rotatable bonds is 11. The van der Waals surface area contributed by atoms with Gasteiger partial charge in [0.1, 0.15) is 0 Å². The van der Waals surface area contributed by atoms with Crippen LogP contribution >= 0.6 is 0 Å². The van der Waals surface area contributed by atoms with Crippen LogP contribution in [-0.4, -0.2) is 30.1 Å². The quantitative estimate of drug-likeness (QED) is 0.546. The highest BCUT2D eigenvalue weighted by atomic mass is 15.2. The average Bonchev–Trinajstić information content (AvgIpc) is 2.53. The zero-order valence-corrected chi connectivity index (χ0v) is 15.0. The van der Waals surface area contributed by atoms with Crippen molar-refractivity contribution in [3.63, 3.8) is 0 Å². The standard InChI is InChI=1S/C19H40N2/c1-4-7-8-9-10-16-21(15-5-2)19(17-20)13-11-18(6-3)12-14-19/h18H,4-17,20H2,1-3H3. The minimum absolute atomic E-state index is 0.326. The van der Waals surface area contributed by atoms with E-state index in [1.165, 1.54) is 83.7 Å².